The Morgan fingerprint density at radius 1 is 0.581 bits per heavy atom. The van der Waals surface area contributed by atoms with Crippen LogP contribution in [-0.2, 0) is 34.9 Å². The number of hydrogen-bond acceptors (Lipinski definition) is 21. The average Bonchev–Trinajstić information content (AvgIpc) is 3.00. The summed E-state index contributed by atoms with van der Waals surface area (Å²) in [5.41, 5.74) is 0. The summed E-state index contributed by atoms with van der Waals surface area (Å²) in [5.74, 6) is 4.05. The Labute approximate surface area is 314 Å². The summed E-state index contributed by atoms with van der Waals surface area (Å²) in [6, 6.07) is 0. The van der Waals surface area contributed by atoms with Crippen LogP contribution in [-0.4, -0.2) is 130 Å². The summed E-state index contributed by atoms with van der Waals surface area (Å²) in [4.78, 5) is 33.7. The maximum atomic E-state index is 12.2. The van der Waals surface area contributed by atoms with Crippen molar-refractivity contribution in [1.29, 1.82) is 0 Å². The van der Waals surface area contributed by atoms with Crippen molar-refractivity contribution < 1.29 is 38.5 Å². The molecule has 22 heteroatoms. The van der Waals surface area contributed by atoms with Gasteiger partial charge in [0, 0.05) is 68.7 Å². The Balaban J connectivity index is 3.31. The number of rotatable bonds is 35. The molecule has 0 fully saturated rings. The van der Waals surface area contributed by atoms with Gasteiger partial charge in [-0.2, -0.15) is 11.8 Å². The highest BCUT2D eigenvalue weighted by Crippen LogP contribution is 2.23. The van der Waals surface area contributed by atoms with E-state index in [0.717, 1.165) is 47.1 Å². The monoisotopic (exact) mass is 868 g/mol. The largest absolute Gasteiger partial charge is 0.454 e. The number of carbonyl (C=O) groups excluding carboxylic acids is 2. The molecule has 43 heavy (non-hydrogen) atoms. The Kier molecular flexibility index (Phi) is 43.5. The number of carbonyl (C=O) groups is 2. The molecule has 0 aromatic rings. The quantitative estimate of drug-likeness (QED) is 0.0231. The van der Waals surface area contributed by atoms with Gasteiger partial charge in [-0.05, 0) is 0 Å². The molecule has 2 N–H and O–H groups in total. The lowest BCUT2D eigenvalue weighted by Crippen LogP contribution is -2.07. The third-order valence-electron chi connectivity index (χ3n) is 3.59. The van der Waals surface area contributed by atoms with Gasteiger partial charge in [-0.1, -0.05) is 11.8 Å². The molecule has 0 saturated carbocycles. The molecule has 0 aliphatic heterocycles. The van der Waals surface area contributed by atoms with Crippen molar-refractivity contribution >= 4 is 175 Å². The highest BCUT2D eigenvalue weighted by Gasteiger charge is 2.06. The van der Waals surface area contributed by atoms with Crippen LogP contribution in [0.15, 0.2) is 0 Å². The van der Waals surface area contributed by atoms with Crippen LogP contribution in [0.2, 0.25) is 0 Å². The lowest BCUT2D eigenvalue weighted by atomic mass is 10.8. The van der Waals surface area contributed by atoms with Crippen LogP contribution in [0.3, 0.4) is 0 Å². The van der Waals surface area contributed by atoms with E-state index in [1.165, 1.54) is 47.0 Å². The molecule has 0 aromatic carbocycles. The van der Waals surface area contributed by atoms with E-state index in [9.17, 15) is 13.8 Å². The number of aliphatic hydroxyl groups is 2. The van der Waals surface area contributed by atoms with E-state index in [4.69, 9.17) is 24.7 Å². The highest BCUT2D eigenvalue weighted by molar-refractivity contribution is 8.29. The van der Waals surface area contributed by atoms with Crippen LogP contribution in [0.1, 0.15) is 0 Å². The van der Waals surface area contributed by atoms with Gasteiger partial charge in [0.05, 0.1) is 35.1 Å². The second kappa shape index (κ2) is 40.1. The molecule has 1 atom stereocenters. The third-order valence-corrected chi connectivity index (χ3v) is 20.1. The van der Waals surface area contributed by atoms with Gasteiger partial charge in [-0.25, -0.2) is 9.78 Å². The van der Waals surface area contributed by atoms with Crippen LogP contribution in [0, 0.1) is 0 Å². The molecule has 0 aromatic heterocycles. The minimum absolute atomic E-state index is 0.0781. The van der Waals surface area contributed by atoms with Crippen molar-refractivity contribution in [1.82, 2.24) is 0 Å². The maximum Gasteiger partial charge on any atom is 0.316 e. The summed E-state index contributed by atoms with van der Waals surface area (Å²) >= 11 is 20.9. The van der Waals surface area contributed by atoms with E-state index < -0.39 is 10.8 Å². The Hall–Kier alpha value is 3.68. The zero-order valence-corrected chi connectivity index (χ0v) is 34.9. The van der Waals surface area contributed by atoms with Crippen LogP contribution in [0.25, 0.3) is 0 Å². The molecule has 0 amide bonds. The molecule has 0 rings (SSSR count). The molecule has 0 aliphatic carbocycles. The van der Waals surface area contributed by atoms with Gasteiger partial charge in [0.15, 0.2) is 5.12 Å². The van der Waals surface area contributed by atoms with E-state index >= 15 is 0 Å². The predicted molar refractivity (Wildman–Crippen MR) is 217 cm³/mol. The van der Waals surface area contributed by atoms with Crippen molar-refractivity contribution in [3.8, 4) is 0 Å². The fourth-order valence-electron chi connectivity index (χ4n) is 1.88. The molecule has 0 saturated heterocycles. The molecule has 0 aliphatic rings. The summed E-state index contributed by atoms with van der Waals surface area (Å²) < 4.78 is 17.3. The van der Waals surface area contributed by atoms with E-state index in [-0.39, 0.29) is 23.0 Å². The molecule has 1 unspecified atom stereocenters. The van der Waals surface area contributed by atoms with Crippen LogP contribution in [0.4, 0.5) is 0 Å². The smallest absolute Gasteiger partial charge is 0.316 e. The molecular weight excluding hydrogens is 829 g/mol. The molecule has 0 radical (unpaired) electrons. The first kappa shape index (κ1) is 46.7. The zero-order chi connectivity index (χ0) is 31.5. The average molecular weight is 869 g/mol. The van der Waals surface area contributed by atoms with Gasteiger partial charge >= 0.3 is 5.97 Å². The fraction of sp³-hybridized carbons (Fsp3) is 0.905. The number of hydrogen-bond donors (Lipinski definition) is 2. The van der Waals surface area contributed by atoms with Gasteiger partial charge in [0.2, 0.25) is 0 Å². The zero-order valence-electron chi connectivity index (χ0n) is 23.5. The third kappa shape index (κ3) is 40.0. The van der Waals surface area contributed by atoms with Gasteiger partial charge in [-0.15, -0.1) is 129 Å². The van der Waals surface area contributed by atoms with Crippen molar-refractivity contribution in [3.63, 3.8) is 0 Å². The molecule has 0 heterocycles. The van der Waals surface area contributed by atoms with Crippen molar-refractivity contribution in [2.45, 2.75) is 0 Å². The van der Waals surface area contributed by atoms with E-state index in [1.54, 1.807) is 106 Å². The molecule has 0 spiro atoms. The Morgan fingerprint density at radius 3 is 1.88 bits per heavy atom. The number of ether oxygens (including phenoxy) is 1. The summed E-state index contributed by atoms with van der Waals surface area (Å²) in [7, 11) is -0.834. The minimum atomic E-state index is -0.834. The van der Waals surface area contributed by atoms with Crippen LogP contribution < -0.4 is 0 Å². The van der Waals surface area contributed by atoms with Crippen molar-refractivity contribution in [2.24, 2.45) is 0 Å². The van der Waals surface area contributed by atoms with E-state index in [0.29, 0.717) is 45.9 Å². The molecule has 0 bridgehead atoms. The molecule has 256 valence electrons. The molecular formula is C21H40O8S14. The van der Waals surface area contributed by atoms with Crippen LogP contribution >= 0.6 is 153 Å². The lowest BCUT2D eigenvalue weighted by Gasteiger charge is -2.05. The predicted octanol–water partition coefficient (Wildman–Crippen LogP) is 6.72. The van der Waals surface area contributed by atoms with Gasteiger partial charge < -0.3 is 14.9 Å². The summed E-state index contributed by atoms with van der Waals surface area (Å²) in [6.45, 7) is 0.544. The normalized spacial score (nSPS) is 12.0. The van der Waals surface area contributed by atoms with E-state index in [1.807, 2.05) is 0 Å². The maximum absolute atomic E-state index is 12.2. The summed E-state index contributed by atoms with van der Waals surface area (Å²) in [6.07, 6.45) is 0. The summed E-state index contributed by atoms with van der Waals surface area (Å²) in [5, 5.41) is 24.8. The first-order valence-corrected chi connectivity index (χ1v) is 28.5. The lowest BCUT2D eigenvalue weighted by molar-refractivity contribution is -0.274. The topological polar surface area (TPSA) is 119 Å². The van der Waals surface area contributed by atoms with Crippen LogP contribution in [0.5, 0.6) is 0 Å². The Bertz CT molecular complexity index is 659. The first-order valence-electron chi connectivity index (χ1n) is 12.1. The van der Waals surface area contributed by atoms with Crippen molar-refractivity contribution in [2.75, 3.05) is 105 Å². The first-order chi connectivity index (χ1) is 21.1. The Morgan fingerprint density at radius 2 is 1.16 bits per heavy atom. The van der Waals surface area contributed by atoms with Crippen molar-refractivity contribution in [3.05, 3.63) is 0 Å². The number of thioether (sulfide) groups is 13. The SMILES string of the molecule is O=C(CSCSCSCCS(=O)CSCSCSC(=O)CSCSCSCCOOCSCSCO)OCSCSCO. The standard InChI is InChI=1S/C21H40O8S14/c22-7-34-15-36-9-27-20(24)5-32-13-39-12-31-3-4-43(26)19-41-17-40-18-42-21(25)6-33-14-38-11-30-2-1-28-29-10-37-16-35-8-23/h22-23H,1-19H2. The highest BCUT2D eigenvalue weighted by atomic mass is 32.3. The number of aliphatic hydroxyl groups excluding tert-OH is 2. The minimum Gasteiger partial charge on any atom is -0.454 e. The number of esters is 1. The van der Waals surface area contributed by atoms with Gasteiger partial charge in [-0.3, -0.25) is 13.8 Å². The second-order valence-corrected chi connectivity index (χ2v) is 24.6. The second-order valence-electron chi connectivity index (χ2n) is 6.82. The van der Waals surface area contributed by atoms with E-state index in [2.05, 4.69) is 0 Å². The van der Waals surface area contributed by atoms with Gasteiger partial charge in [0.25, 0.3) is 0 Å². The van der Waals surface area contributed by atoms with Gasteiger partial charge in [0.1, 0.15) is 11.9 Å². The fourth-order valence-corrected chi connectivity index (χ4v) is 16.3. The molecule has 8 nitrogen and oxygen atoms in total.